The first-order valence-electron chi connectivity index (χ1n) is 8.31. The van der Waals surface area contributed by atoms with E-state index in [1.54, 1.807) is 12.3 Å². The quantitative estimate of drug-likeness (QED) is 0.528. The zero-order chi connectivity index (χ0) is 18.4. The normalized spacial score (nSPS) is 11.4. The fraction of sp³-hybridized carbons (Fsp3) is 0.278. The summed E-state index contributed by atoms with van der Waals surface area (Å²) >= 11 is 0. The number of carbonyl (C=O) groups is 1. The molecule has 0 bridgehead atoms. The molecular weight excluding hydrogens is 332 g/mol. The molecule has 0 radical (unpaired) electrons. The molecular formula is C18H18N6O2. The van der Waals surface area contributed by atoms with Crippen molar-refractivity contribution >= 4 is 22.6 Å². The zero-order valence-corrected chi connectivity index (χ0v) is 15.0. The molecule has 132 valence electrons. The fourth-order valence-corrected chi connectivity index (χ4v) is 3.21. The van der Waals surface area contributed by atoms with E-state index in [9.17, 15) is 4.79 Å². The van der Waals surface area contributed by atoms with E-state index >= 15 is 0 Å². The minimum Gasteiger partial charge on any atom is -0.464 e. The maximum Gasteiger partial charge on any atom is 0.356 e. The summed E-state index contributed by atoms with van der Waals surface area (Å²) < 4.78 is 8.29. The summed E-state index contributed by atoms with van der Waals surface area (Å²) in [6.07, 6.45) is 1.72. The van der Waals surface area contributed by atoms with Crippen molar-refractivity contribution in [3.05, 3.63) is 41.3 Å². The van der Waals surface area contributed by atoms with Crippen molar-refractivity contribution in [1.82, 2.24) is 29.4 Å². The van der Waals surface area contributed by atoms with E-state index in [1.165, 1.54) is 11.6 Å². The predicted molar refractivity (Wildman–Crippen MR) is 96.0 cm³/mol. The van der Waals surface area contributed by atoms with Crippen LogP contribution in [0.4, 0.5) is 0 Å². The molecule has 26 heavy (non-hydrogen) atoms. The molecule has 8 heteroatoms. The van der Waals surface area contributed by atoms with Crippen LogP contribution in [-0.4, -0.2) is 42.4 Å². The Morgan fingerprint density at radius 3 is 2.77 bits per heavy atom. The van der Waals surface area contributed by atoms with Gasteiger partial charge < -0.3 is 4.74 Å². The largest absolute Gasteiger partial charge is 0.464 e. The molecule has 0 amide bonds. The third kappa shape index (κ3) is 2.33. The molecule has 4 aromatic heterocycles. The second-order valence-corrected chi connectivity index (χ2v) is 6.06. The molecule has 0 aromatic carbocycles. The minimum atomic E-state index is -0.483. The van der Waals surface area contributed by atoms with Gasteiger partial charge in [0.1, 0.15) is 0 Å². The maximum absolute atomic E-state index is 12.4. The van der Waals surface area contributed by atoms with Crippen LogP contribution >= 0.6 is 0 Å². The maximum atomic E-state index is 12.4. The van der Waals surface area contributed by atoms with E-state index in [1.807, 2.05) is 37.6 Å². The Bertz CT molecular complexity index is 1160. The summed E-state index contributed by atoms with van der Waals surface area (Å²) in [6.45, 7) is 6.60. The van der Waals surface area contributed by atoms with Crippen molar-refractivity contribution < 1.29 is 9.53 Å². The number of carbonyl (C=O) groups excluding carboxylic acids is 1. The lowest BCUT2D eigenvalue weighted by Gasteiger charge is -2.08. The molecule has 0 atom stereocenters. The van der Waals surface area contributed by atoms with Gasteiger partial charge in [-0.05, 0) is 44.5 Å². The van der Waals surface area contributed by atoms with Gasteiger partial charge in [0.15, 0.2) is 17.0 Å². The van der Waals surface area contributed by atoms with Gasteiger partial charge in [-0.15, -0.1) is 5.10 Å². The summed E-state index contributed by atoms with van der Waals surface area (Å²) in [4.78, 5) is 21.6. The number of methoxy groups -OCH3 is 1. The highest BCUT2D eigenvalue weighted by Gasteiger charge is 2.21. The van der Waals surface area contributed by atoms with Gasteiger partial charge in [0.25, 0.3) is 0 Å². The first-order valence-corrected chi connectivity index (χ1v) is 8.31. The average molecular weight is 350 g/mol. The molecule has 4 heterocycles. The van der Waals surface area contributed by atoms with Crippen molar-refractivity contribution in [2.45, 2.75) is 27.3 Å². The van der Waals surface area contributed by atoms with E-state index in [0.717, 1.165) is 22.3 Å². The number of aromatic nitrogens is 6. The number of fused-ring (bicyclic) bond motifs is 3. The Labute approximate surface area is 149 Å². The summed E-state index contributed by atoms with van der Waals surface area (Å²) in [5.41, 5.74) is 4.76. The second kappa shape index (κ2) is 5.91. The molecule has 4 aromatic rings. The summed E-state index contributed by atoms with van der Waals surface area (Å²) in [7, 11) is 1.35. The van der Waals surface area contributed by atoms with E-state index < -0.39 is 5.97 Å². The number of esters is 1. The second-order valence-electron chi connectivity index (χ2n) is 6.06. The molecule has 0 saturated carbocycles. The van der Waals surface area contributed by atoms with Crippen LogP contribution in [-0.2, 0) is 11.3 Å². The molecule has 0 fully saturated rings. The van der Waals surface area contributed by atoms with Gasteiger partial charge in [-0.25, -0.2) is 19.3 Å². The van der Waals surface area contributed by atoms with Crippen LogP contribution in [0.5, 0.6) is 0 Å². The van der Waals surface area contributed by atoms with E-state index in [4.69, 9.17) is 9.72 Å². The van der Waals surface area contributed by atoms with Crippen molar-refractivity contribution in [2.24, 2.45) is 0 Å². The van der Waals surface area contributed by atoms with Gasteiger partial charge in [0.05, 0.1) is 23.9 Å². The smallest absolute Gasteiger partial charge is 0.356 e. The van der Waals surface area contributed by atoms with Crippen LogP contribution in [0, 0.1) is 13.8 Å². The van der Waals surface area contributed by atoms with Gasteiger partial charge in [0.2, 0.25) is 0 Å². The van der Waals surface area contributed by atoms with Crippen LogP contribution in [0.3, 0.4) is 0 Å². The molecule has 0 N–H and O–H groups in total. The number of nitrogens with zero attached hydrogens (tertiary/aromatic N) is 6. The number of pyridine rings is 1. The van der Waals surface area contributed by atoms with Crippen molar-refractivity contribution in [2.75, 3.05) is 7.11 Å². The van der Waals surface area contributed by atoms with Crippen molar-refractivity contribution in [3.8, 4) is 11.4 Å². The number of hydrogen-bond acceptors (Lipinski definition) is 6. The third-order valence-corrected chi connectivity index (χ3v) is 4.35. The van der Waals surface area contributed by atoms with Crippen LogP contribution < -0.4 is 0 Å². The highest BCUT2D eigenvalue weighted by Crippen LogP contribution is 2.26. The van der Waals surface area contributed by atoms with Crippen LogP contribution in [0.1, 0.15) is 28.7 Å². The Hall–Kier alpha value is -3.29. The Morgan fingerprint density at radius 2 is 2.04 bits per heavy atom. The van der Waals surface area contributed by atoms with Crippen LogP contribution in [0.2, 0.25) is 0 Å². The molecule has 0 spiro atoms. The van der Waals surface area contributed by atoms with Gasteiger partial charge in [0, 0.05) is 18.4 Å². The predicted octanol–water partition coefficient (Wildman–Crippen LogP) is 2.56. The summed E-state index contributed by atoms with van der Waals surface area (Å²) in [6, 6.07) is 5.53. The van der Waals surface area contributed by atoms with Crippen molar-refractivity contribution in [1.29, 1.82) is 0 Å². The standard InChI is InChI=1S/C18H18N6O2/c1-5-23-13(6-7-19-23)12-9-14(18(25)26-4)24-17(21-12)15-10(2)8-11(3)20-16(15)22-24/h6-9H,5H2,1-4H3. The van der Waals surface area contributed by atoms with E-state index in [0.29, 0.717) is 29.2 Å². The van der Waals surface area contributed by atoms with Crippen LogP contribution in [0.25, 0.3) is 28.1 Å². The SMILES string of the molecule is CCn1nccc1-c1cc(C(=O)OC)n2nc3nc(C)cc(C)c3c2n1. The molecule has 4 rings (SSSR count). The van der Waals surface area contributed by atoms with E-state index in [-0.39, 0.29) is 0 Å². The zero-order valence-electron chi connectivity index (χ0n) is 15.0. The molecule has 8 nitrogen and oxygen atoms in total. The topological polar surface area (TPSA) is 87.2 Å². The number of ether oxygens (including phenoxy) is 1. The number of rotatable bonds is 3. The first kappa shape index (κ1) is 16.2. The first-order chi connectivity index (χ1) is 12.5. The number of hydrogen-bond donors (Lipinski definition) is 0. The highest BCUT2D eigenvalue weighted by molar-refractivity contribution is 5.97. The van der Waals surface area contributed by atoms with Crippen LogP contribution in [0.15, 0.2) is 24.4 Å². The lowest BCUT2D eigenvalue weighted by Crippen LogP contribution is -2.11. The highest BCUT2D eigenvalue weighted by atomic mass is 16.5. The van der Waals surface area contributed by atoms with Gasteiger partial charge in [-0.1, -0.05) is 0 Å². The Morgan fingerprint density at radius 1 is 1.23 bits per heavy atom. The summed E-state index contributed by atoms with van der Waals surface area (Å²) in [5.74, 6) is -0.483. The van der Waals surface area contributed by atoms with Gasteiger partial charge >= 0.3 is 5.97 Å². The molecule has 0 saturated heterocycles. The lowest BCUT2D eigenvalue weighted by molar-refractivity contribution is 0.0591. The molecule has 0 unspecified atom stereocenters. The lowest BCUT2D eigenvalue weighted by atomic mass is 10.1. The summed E-state index contributed by atoms with van der Waals surface area (Å²) in [5, 5.41) is 9.61. The fourth-order valence-electron chi connectivity index (χ4n) is 3.21. The Balaban J connectivity index is 2.13. The van der Waals surface area contributed by atoms with Gasteiger partial charge in [-0.2, -0.15) is 5.10 Å². The number of aryl methyl sites for hydroxylation is 3. The van der Waals surface area contributed by atoms with E-state index in [2.05, 4.69) is 15.2 Å². The van der Waals surface area contributed by atoms with Crippen molar-refractivity contribution in [3.63, 3.8) is 0 Å². The molecule has 0 aliphatic rings. The third-order valence-electron chi connectivity index (χ3n) is 4.35. The average Bonchev–Trinajstić information content (AvgIpc) is 3.23. The monoisotopic (exact) mass is 350 g/mol. The minimum absolute atomic E-state index is 0.298. The van der Waals surface area contributed by atoms with Gasteiger partial charge in [-0.3, -0.25) is 4.68 Å². The molecule has 0 aliphatic heterocycles. The molecule has 0 aliphatic carbocycles. The Kier molecular flexibility index (Phi) is 3.68.